The van der Waals surface area contributed by atoms with Crippen molar-refractivity contribution in [3.8, 4) is 0 Å². The summed E-state index contributed by atoms with van der Waals surface area (Å²) in [7, 11) is 0. The van der Waals surface area contributed by atoms with Crippen molar-refractivity contribution in [2.75, 3.05) is 32.7 Å². The van der Waals surface area contributed by atoms with Crippen LogP contribution in [0.15, 0.2) is 72.8 Å². The van der Waals surface area contributed by atoms with Crippen LogP contribution in [0.25, 0.3) is 0 Å². The van der Waals surface area contributed by atoms with E-state index >= 15 is 0 Å². The largest absolute Gasteiger partial charge is 0.322 e. The van der Waals surface area contributed by atoms with E-state index in [4.69, 9.17) is 0 Å². The molecule has 2 heteroatoms. The Balaban J connectivity index is 1.79. The topological polar surface area (TPSA) is 8.88 Å². The first-order valence-electron chi connectivity index (χ1n) is 8.66. The van der Waals surface area contributed by atoms with Crippen LogP contribution in [0.2, 0.25) is 0 Å². The predicted octanol–water partition coefficient (Wildman–Crippen LogP) is 1.14. The Morgan fingerprint density at radius 1 is 0.870 bits per heavy atom. The van der Waals surface area contributed by atoms with E-state index in [1.165, 1.54) is 42.9 Å². The van der Waals surface area contributed by atoms with Gasteiger partial charge < -0.3 is 9.80 Å². The van der Waals surface area contributed by atoms with Crippen molar-refractivity contribution >= 4 is 0 Å². The average Bonchev–Trinajstić information content (AvgIpc) is 2.58. The van der Waals surface area contributed by atoms with Gasteiger partial charge in [0.1, 0.15) is 32.2 Å². The van der Waals surface area contributed by atoms with Gasteiger partial charge in [-0.05, 0) is 12.5 Å². The van der Waals surface area contributed by atoms with Crippen molar-refractivity contribution in [3.05, 3.63) is 83.9 Å². The Morgan fingerprint density at radius 3 is 1.78 bits per heavy atom. The summed E-state index contributed by atoms with van der Waals surface area (Å²) >= 11 is 0. The zero-order valence-corrected chi connectivity index (χ0v) is 14.1. The zero-order valence-electron chi connectivity index (χ0n) is 14.1. The fourth-order valence-electron chi connectivity index (χ4n) is 3.77. The summed E-state index contributed by atoms with van der Waals surface area (Å²) < 4.78 is 0. The monoisotopic (exact) mass is 308 g/mol. The van der Waals surface area contributed by atoms with Gasteiger partial charge in [0.25, 0.3) is 0 Å². The van der Waals surface area contributed by atoms with Crippen LogP contribution in [0.3, 0.4) is 0 Å². The van der Waals surface area contributed by atoms with Crippen LogP contribution < -0.4 is 9.80 Å². The molecular formula is C21H28N2+2. The number of hydrogen-bond acceptors (Lipinski definition) is 0. The van der Waals surface area contributed by atoms with Gasteiger partial charge in [-0.15, -0.1) is 0 Å². The summed E-state index contributed by atoms with van der Waals surface area (Å²) in [5.74, 6) is 0. The van der Waals surface area contributed by atoms with Crippen molar-refractivity contribution in [2.24, 2.45) is 0 Å². The lowest BCUT2D eigenvalue weighted by Crippen LogP contribution is -3.28. The van der Waals surface area contributed by atoms with Crippen molar-refractivity contribution in [2.45, 2.75) is 13.0 Å². The van der Waals surface area contributed by atoms with Crippen molar-refractivity contribution in [1.82, 2.24) is 0 Å². The standard InChI is InChI=1S/C21H26N2/c1-18(2)17-22-13-15-23(16-14-22)21(19-9-5-3-6-10-19)20-11-7-4-8-12-20/h3-12,21H,1,13-17H2,2H3/p+2. The molecule has 3 rings (SSSR count). The van der Waals surface area contributed by atoms with E-state index < -0.39 is 0 Å². The van der Waals surface area contributed by atoms with Gasteiger partial charge >= 0.3 is 0 Å². The first kappa shape index (κ1) is 16.0. The number of benzene rings is 2. The maximum atomic E-state index is 4.07. The van der Waals surface area contributed by atoms with Crippen LogP contribution in [0.1, 0.15) is 24.1 Å². The molecule has 2 nitrogen and oxygen atoms in total. The smallest absolute Gasteiger partial charge is 0.139 e. The summed E-state index contributed by atoms with van der Waals surface area (Å²) in [5.41, 5.74) is 4.15. The lowest BCUT2D eigenvalue weighted by molar-refractivity contribution is -1.02. The van der Waals surface area contributed by atoms with E-state index in [9.17, 15) is 0 Å². The summed E-state index contributed by atoms with van der Waals surface area (Å²) in [5, 5.41) is 0. The molecule has 0 unspecified atom stereocenters. The molecular weight excluding hydrogens is 280 g/mol. The number of hydrogen-bond donors (Lipinski definition) is 2. The molecule has 23 heavy (non-hydrogen) atoms. The van der Waals surface area contributed by atoms with Gasteiger partial charge in [0.05, 0.1) is 6.54 Å². The molecule has 1 aliphatic heterocycles. The van der Waals surface area contributed by atoms with Crippen LogP contribution in [0.4, 0.5) is 0 Å². The van der Waals surface area contributed by atoms with E-state index in [1.54, 1.807) is 9.80 Å². The van der Waals surface area contributed by atoms with Gasteiger partial charge in [0, 0.05) is 11.1 Å². The third-order valence-corrected chi connectivity index (χ3v) is 4.83. The normalized spacial score (nSPS) is 21.3. The molecule has 120 valence electrons. The molecule has 1 heterocycles. The second-order valence-electron chi connectivity index (χ2n) is 6.80. The highest BCUT2D eigenvalue weighted by Gasteiger charge is 2.31. The Kier molecular flexibility index (Phi) is 5.27. The van der Waals surface area contributed by atoms with E-state index in [-0.39, 0.29) is 0 Å². The first-order chi connectivity index (χ1) is 11.2. The molecule has 0 bridgehead atoms. The van der Waals surface area contributed by atoms with Crippen LogP contribution in [0.5, 0.6) is 0 Å². The third kappa shape index (κ3) is 4.10. The van der Waals surface area contributed by atoms with Gasteiger partial charge in [-0.3, -0.25) is 0 Å². The highest BCUT2D eigenvalue weighted by atomic mass is 15.3. The number of rotatable bonds is 5. The van der Waals surface area contributed by atoms with Crippen molar-refractivity contribution < 1.29 is 9.80 Å². The summed E-state index contributed by atoms with van der Waals surface area (Å²) in [6, 6.07) is 22.4. The Labute approximate surface area is 140 Å². The Hall–Kier alpha value is -1.90. The zero-order chi connectivity index (χ0) is 16.1. The number of piperazine rings is 1. The second kappa shape index (κ2) is 7.58. The van der Waals surface area contributed by atoms with Gasteiger partial charge in [-0.25, -0.2) is 0 Å². The van der Waals surface area contributed by atoms with Crippen LogP contribution >= 0.6 is 0 Å². The van der Waals surface area contributed by atoms with E-state index in [2.05, 4.69) is 74.2 Å². The molecule has 0 amide bonds. The van der Waals surface area contributed by atoms with Crippen molar-refractivity contribution in [3.63, 3.8) is 0 Å². The van der Waals surface area contributed by atoms with Gasteiger partial charge in [-0.1, -0.05) is 67.2 Å². The second-order valence-corrected chi connectivity index (χ2v) is 6.80. The SMILES string of the molecule is C=C(C)C[NH+]1CC[NH+](C(c2ccccc2)c2ccccc2)CC1. The molecule has 0 aliphatic carbocycles. The highest BCUT2D eigenvalue weighted by Crippen LogP contribution is 2.18. The molecule has 0 radical (unpaired) electrons. The maximum absolute atomic E-state index is 4.07. The molecule has 2 aromatic rings. The quantitative estimate of drug-likeness (QED) is 0.767. The first-order valence-corrected chi connectivity index (χ1v) is 8.66. The molecule has 0 spiro atoms. The van der Waals surface area contributed by atoms with E-state index in [0.717, 1.165) is 6.54 Å². The highest BCUT2D eigenvalue weighted by molar-refractivity contribution is 5.29. The molecule has 1 saturated heterocycles. The summed E-state index contributed by atoms with van der Waals surface area (Å²) in [4.78, 5) is 3.37. The third-order valence-electron chi connectivity index (χ3n) is 4.83. The molecule has 2 N–H and O–H groups in total. The molecule has 1 fully saturated rings. The summed E-state index contributed by atoms with van der Waals surface area (Å²) in [6.45, 7) is 12.2. The molecule has 0 atom stereocenters. The lowest BCUT2D eigenvalue weighted by atomic mass is 9.96. The van der Waals surface area contributed by atoms with Gasteiger partial charge in [0.2, 0.25) is 0 Å². The van der Waals surface area contributed by atoms with Crippen molar-refractivity contribution in [1.29, 1.82) is 0 Å². The van der Waals surface area contributed by atoms with Crippen LogP contribution in [-0.2, 0) is 0 Å². The number of nitrogens with one attached hydrogen (secondary N) is 2. The molecule has 1 aliphatic rings. The number of quaternary nitrogens is 2. The van der Waals surface area contributed by atoms with Gasteiger partial charge in [0.15, 0.2) is 0 Å². The maximum Gasteiger partial charge on any atom is 0.139 e. The molecule has 0 aromatic heterocycles. The average molecular weight is 308 g/mol. The fourth-order valence-corrected chi connectivity index (χ4v) is 3.77. The predicted molar refractivity (Wildman–Crippen MR) is 95.8 cm³/mol. The minimum atomic E-state index is 0.448. The van der Waals surface area contributed by atoms with Gasteiger partial charge in [-0.2, -0.15) is 0 Å². The Bertz CT molecular complexity index is 573. The fraction of sp³-hybridized carbons (Fsp3) is 0.333. The van der Waals surface area contributed by atoms with E-state index in [0.29, 0.717) is 6.04 Å². The molecule has 2 aromatic carbocycles. The summed E-state index contributed by atoms with van der Waals surface area (Å²) in [6.07, 6.45) is 0. The Morgan fingerprint density at radius 2 is 1.35 bits per heavy atom. The minimum absolute atomic E-state index is 0.448. The minimum Gasteiger partial charge on any atom is -0.322 e. The van der Waals surface area contributed by atoms with Crippen LogP contribution in [-0.4, -0.2) is 32.7 Å². The molecule has 0 saturated carbocycles. The van der Waals surface area contributed by atoms with E-state index in [1.807, 2.05) is 0 Å². The van der Waals surface area contributed by atoms with Crippen LogP contribution in [0, 0.1) is 0 Å². The lowest BCUT2D eigenvalue weighted by Gasteiger charge is -2.35.